The Kier molecular flexibility index (Phi) is 6.33. The zero-order valence-corrected chi connectivity index (χ0v) is 17.4. The van der Waals surface area contributed by atoms with E-state index in [0.717, 1.165) is 9.13 Å². The van der Waals surface area contributed by atoms with Crippen LogP contribution in [-0.4, -0.2) is 38.6 Å². The van der Waals surface area contributed by atoms with Gasteiger partial charge in [0.25, 0.3) is 5.91 Å². The largest absolute Gasteiger partial charge is 0.493 e. The standard InChI is InChI=1S/C20H21IN2O4/c1-26-17-8-7-13(11-18(17)27-2)9-10-22-15-12-19(24)23(20(15)25)16-6-4-3-5-14(16)21/h3-8,11,15,22H,9-10,12H2,1-2H3/t15-/m0/s1. The van der Waals surface area contributed by atoms with E-state index >= 15 is 0 Å². The normalized spacial score (nSPS) is 16.7. The van der Waals surface area contributed by atoms with Crippen LogP contribution in [0.3, 0.4) is 0 Å². The number of carbonyl (C=O) groups excluding carboxylic acids is 2. The van der Waals surface area contributed by atoms with Gasteiger partial charge >= 0.3 is 0 Å². The third kappa shape index (κ3) is 4.24. The number of carbonyl (C=O) groups is 2. The van der Waals surface area contributed by atoms with Gasteiger partial charge < -0.3 is 14.8 Å². The maximum Gasteiger partial charge on any atom is 0.251 e. The highest BCUT2D eigenvalue weighted by Crippen LogP contribution is 2.29. The first-order valence-corrected chi connectivity index (χ1v) is 9.68. The average molecular weight is 480 g/mol. The van der Waals surface area contributed by atoms with Crippen molar-refractivity contribution in [2.24, 2.45) is 0 Å². The summed E-state index contributed by atoms with van der Waals surface area (Å²) >= 11 is 2.14. The summed E-state index contributed by atoms with van der Waals surface area (Å²) in [5.74, 6) is 0.981. The van der Waals surface area contributed by atoms with E-state index in [1.165, 1.54) is 4.90 Å². The molecule has 3 rings (SSSR count). The van der Waals surface area contributed by atoms with Crippen molar-refractivity contribution in [1.82, 2.24) is 5.32 Å². The molecule has 0 spiro atoms. The predicted octanol–water partition coefficient (Wildman–Crippen LogP) is 2.77. The Bertz CT molecular complexity index is 856. The number of benzene rings is 2. The molecule has 0 bridgehead atoms. The first-order chi connectivity index (χ1) is 13.0. The fourth-order valence-corrected chi connectivity index (χ4v) is 3.73. The maximum absolute atomic E-state index is 12.7. The van der Waals surface area contributed by atoms with Crippen molar-refractivity contribution in [1.29, 1.82) is 0 Å². The molecule has 1 fully saturated rings. The summed E-state index contributed by atoms with van der Waals surface area (Å²) in [6.07, 6.45) is 0.886. The minimum Gasteiger partial charge on any atom is -0.493 e. The number of anilines is 1. The van der Waals surface area contributed by atoms with Crippen molar-refractivity contribution in [3.8, 4) is 11.5 Å². The van der Waals surface area contributed by atoms with Crippen LogP contribution >= 0.6 is 22.6 Å². The second kappa shape index (κ2) is 8.71. The predicted molar refractivity (Wildman–Crippen MR) is 111 cm³/mol. The lowest BCUT2D eigenvalue weighted by Gasteiger charge is -2.17. The number of amides is 2. The molecular weight excluding hydrogens is 459 g/mol. The Balaban J connectivity index is 1.62. The van der Waals surface area contributed by atoms with E-state index in [1.54, 1.807) is 20.3 Å². The topological polar surface area (TPSA) is 67.9 Å². The Morgan fingerprint density at radius 3 is 2.56 bits per heavy atom. The van der Waals surface area contributed by atoms with Crippen LogP contribution in [0.15, 0.2) is 42.5 Å². The van der Waals surface area contributed by atoms with Crippen molar-refractivity contribution in [3.05, 3.63) is 51.6 Å². The van der Waals surface area contributed by atoms with E-state index in [1.807, 2.05) is 36.4 Å². The number of rotatable bonds is 7. The van der Waals surface area contributed by atoms with Crippen LogP contribution < -0.4 is 19.7 Å². The molecule has 1 aliphatic rings. The molecule has 0 radical (unpaired) electrons. The van der Waals surface area contributed by atoms with Crippen LogP contribution in [0.2, 0.25) is 0 Å². The van der Waals surface area contributed by atoms with Gasteiger partial charge in [0, 0.05) is 3.57 Å². The van der Waals surface area contributed by atoms with E-state index in [2.05, 4.69) is 27.9 Å². The molecule has 1 heterocycles. The van der Waals surface area contributed by atoms with E-state index in [0.29, 0.717) is 30.2 Å². The zero-order valence-electron chi connectivity index (χ0n) is 15.2. The average Bonchev–Trinajstić information content (AvgIpc) is 2.95. The maximum atomic E-state index is 12.7. The van der Waals surface area contributed by atoms with Crippen LogP contribution in [0.25, 0.3) is 0 Å². The fourth-order valence-electron chi connectivity index (χ4n) is 3.10. The number of halogens is 1. The van der Waals surface area contributed by atoms with E-state index in [4.69, 9.17) is 9.47 Å². The van der Waals surface area contributed by atoms with Gasteiger partial charge in [0.1, 0.15) is 0 Å². The van der Waals surface area contributed by atoms with Crippen LogP contribution in [0, 0.1) is 3.57 Å². The Hall–Kier alpha value is -2.13. The van der Waals surface area contributed by atoms with Gasteiger partial charge in [-0.2, -0.15) is 0 Å². The van der Waals surface area contributed by atoms with Gasteiger partial charge in [0.15, 0.2) is 11.5 Å². The summed E-state index contributed by atoms with van der Waals surface area (Å²) in [5, 5.41) is 3.21. The lowest BCUT2D eigenvalue weighted by atomic mass is 10.1. The van der Waals surface area contributed by atoms with Crippen LogP contribution in [-0.2, 0) is 16.0 Å². The molecule has 27 heavy (non-hydrogen) atoms. The Labute approximate surface area is 172 Å². The summed E-state index contributed by atoms with van der Waals surface area (Å²) in [6, 6.07) is 12.6. The third-order valence-corrected chi connectivity index (χ3v) is 5.40. The van der Waals surface area contributed by atoms with Crippen LogP contribution in [0.4, 0.5) is 5.69 Å². The quantitative estimate of drug-likeness (QED) is 0.488. The fraction of sp³-hybridized carbons (Fsp3) is 0.300. The summed E-state index contributed by atoms with van der Waals surface area (Å²) in [7, 11) is 3.20. The monoisotopic (exact) mass is 480 g/mol. The van der Waals surface area contributed by atoms with Gasteiger partial charge in [-0.15, -0.1) is 0 Å². The highest BCUT2D eigenvalue weighted by atomic mass is 127. The Morgan fingerprint density at radius 2 is 1.85 bits per heavy atom. The van der Waals surface area contributed by atoms with E-state index < -0.39 is 6.04 Å². The molecule has 0 unspecified atom stereocenters. The molecule has 2 aromatic rings. The van der Waals surface area contributed by atoms with Crippen molar-refractivity contribution < 1.29 is 19.1 Å². The molecule has 2 amide bonds. The van der Waals surface area contributed by atoms with Gasteiger partial charge in [0.2, 0.25) is 5.91 Å². The molecule has 142 valence electrons. The lowest BCUT2D eigenvalue weighted by Crippen LogP contribution is -2.39. The summed E-state index contributed by atoms with van der Waals surface area (Å²) in [4.78, 5) is 26.4. The van der Waals surface area contributed by atoms with E-state index in [9.17, 15) is 9.59 Å². The first-order valence-electron chi connectivity index (χ1n) is 8.60. The van der Waals surface area contributed by atoms with Gasteiger partial charge in [-0.1, -0.05) is 18.2 Å². The highest BCUT2D eigenvalue weighted by molar-refractivity contribution is 14.1. The molecular formula is C20H21IN2O4. The van der Waals surface area contributed by atoms with E-state index in [-0.39, 0.29) is 18.2 Å². The first kappa shape index (κ1) is 19.6. The number of hydrogen-bond donors (Lipinski definition) is 1. The smallest absolute Gasteiger partial charge is 0.251 e. The van der Waals surface area contributed by atoms with Crippen molar-refractivity contribution in [2.75, 3.05) is 25.7 Å². The second-order valence-corrected chi connectivity index (χ2v) is 7.33. The highest BCUT2D eigenvalue weighted by Gasteiger charge is 2.39. The summed E-state index contributed by atoms with van der Waals surface area (Å²) in [6.45, 7) is 0.582. The minimum absolute atomic E-state index is 0.173. The summed E-state index contributed by atoms with van der Waals surface area (Å²) < 4.78 is 11.4. The second-order valence-electron chi connectivity index (χ2n) is 6.17. The molecule has 1 atom stereocenters. The number of methoxy groups -OCH3 is 2. The van der Waals surface area contributed by atoms with Crippen LogP contribution in [0.5, 0.6) is 11.5 Å². The van der Waals surface area contributed by atoms with Gasteiger partial charge in [-0.3, -0.25) is 9.59 Å². The third-order valence-electron chi connectivity index (χ3n) is 4.49. The lowest BCUT2D eigenvalue weighted by molar-refractivity contribution is -0.121. The number of imide groups is 1. The number of nitrogens with zero attached hydrogens (tertiary/aromatic N) is 1. The minimum atomic E-state index is -0.492. The van der Waals surface area contributed by atoms with Crippen molar-refractivity contribution in [2.45, 2.75) is 18.9 Å². The molecule has 0 aliphatic carbocycles. The number of nitrogens with one attached hydrogen (secondary N) is 1. The molecule has 2 aromatic carbocycles. The summed E-state index contributed by atoms with van der Waals surface area (Å²) in [5.41, 5.74) is 1.71. The molecule has 0 aromatic heterocycles. The zero-order chi connectivity index (χ0) is 19.4. The number of para-hydroxylation sites is 1. The molecule has 0 saturated carbocycles. The molecule has 1 saturated heterocycles. The molecule has 6 nitrogen and oxygen atoms in total. The van der Waals surface area contributed by atoms with Gasteiger partial charge in [0.05, 0.1) is 32.4 Å². The molecule has 1 N–H and O–H groups in total. The molecule has 7 heteroatoms. The number of hydrogen-bond acceptors (Lipinski definition) is 5. The van der Waals surface area contributed by atoms with Crippen molar-refractivity contribution >= 4 is 40.1 Å². The van der Waals surface area contributed by atoms with Crippen molar-refractivity contribution in [3.63, 3.8) is 0 Å². The van der Waals surface area contributed by atoms with Gasteiger partial charge in [-0.05, 0) is 65.4 Å². The number of ether oxygens (including phenoxy) is 2. The van der Waals surface area contributed by atoms with Gasteiger partial charge in [-0.25, -0.2) is 4.90 Å². The van der Waals surface area contributed by atoms with Crippen LogP contribution in [0.1, 0.15) is 12.0 Å². The SMILES string of the molecule is COc1ccc(CCN[C@H]2CC(=O)N(c3ccccc3I)C2=O)cc1OC. The molecule has 1 aliphatic heterocycles. The Morgan fingerprint density at radius 1 is 1.11 bits per heavy atom.